The predicted octanol–water partition coefficient (Wildman–Crippen LogP) is 1.82. The maximum atomic E-state index is 11.4. The highest BCUT2D eigenvalue weighted by molar-refractivity contribution is 9.10. The molecule has 1 unspecified atom stereocenters. The molecule has 0 fully saturated rings. The van der Waals surface area contributed by atoms with E-state index in [-0.39, 0.29) is 18.8 Å². The fourth-order valence-electron chi connectivity index (χ4n) is 0.924. The van der Waals surface area contributed by atoms with E-state index >= 15 is 0 Å². The van der Waals surface area contributed by atoms with Crippen LogP contribution in [0.3, 0.4) is 0 Å². The summed E-state index contributed by atoms with van der Waals surface area (Å²) in [6.45, 7) is 5.63. The molecule has 0 aliphatic rings. The Morgan fingerprint density at radius 1 is 1.27 bits per heavy atom. The van der Waals surface area contributed by atoms with Gasteiger partial charge in [-0.3, -0.25) is 4.79 Å². The van der Waals surface area contributed by atoms with Crippen LogP contribution in [0.1, 0.15) is 20.8 Å². The molecule has 0 aromatic carbocycles. The lowest BCUT2D eigenvalue weighted by atomic mass is 10.2. The number of esters is 2. The summed E-state index contributed by atoms with van der Waals surface area (Å²) in [7, 11) is 0. The number of carbonyl (C=O) groups excluding carboxylic acids is 2. The molecule has 0 heterocycles. The highest BCUT2D eigenvalue weighted by Gasteiger charge is 2.26. The molecule has 0 aromatic heterocycles. The van der Waals surface area contributed by atoms with Gasteiger partial charge in [0.05, 0.1) is 18.8 Å². The molecule has 4 nitrogen and oxygen atoms in total. The van der Waals surface area contributed by atoms with Gasteiger partial charge < -0.3 is 9.47 Å². The molecule has 0 aliphatic carbocycles. The third-order valence-electron chi connectivity index (χ3n) is 1.59. The molecule has 0 bridgehead atoms. The van der Waals surface area contributed by atoms with Crippen molar-refractivity contribution >= 4 is 27.9 Å². The van der Waals surface area contributed by atoms with Crippen molar-refractivity contribution in [2.45, 2.75) is 25.6 Å². The Morgan fingerprint density at radius 2 is 1.80 bits per heavy atom. The van der Waals surface area contributed by atoms with Crippen molar-refractivity contribution in [3.05, 3.63) is 11.6 Å². The summed E-state index contributed by atoms with van der Waals surface area (Å²) in [5.41, 5.74) is 0.260. The Hall–Kier alpha value is -0.840. The first-order valence-corrected chi connectivity index (χ1v) is 5.64. The molecule has 0 N–H and O–H groups in total. The van der Waals surface area contributed by atoms with Gasteiger partial charge in [0, 0.05) is 0 Å². The Kier molecular flexibility index (Phi) is 7.03. The van der Waals surface area contributed by atoms with Crippen molar-refractivity contribution < 1.29 is 19.1 Å². The van der Waals surface area contributed by atoms with Gasteiger partial charge in [-0.2, -0.15) is 0 Å². The zero-order valence-electron chi connectivity index (χ0n) is 9.08. The number of halogens is 1. The Bertz CT molecular complexity index is 260. The molecule has 0 aliphatic heterocycles. The molecular weight excluding hydrogens is 264 g/mol. The SMILES string of the molecule is C/C=C(\C(=O)OCC)C(Br)C(=O)OCC. The largest absolute Gasteiger partial charge is 0.465 e. The number of rotatable bonds is 5. The van der Waals surface area contributed by atoms with E-state index < -0.39 is 16.8 Å². The minimum atomic E-state index is -0.763. The first-order valence-electron chi connectivity index (χ1n) is 4.72. The first kappa shape index (κ1) is 14.2. The topological polar surface area (TPSA) is 52.6 Å². The number of carbonyl (C=O) groups is 2. The molecule has 1 atom stereocenters. The lowest BCUT2D eigenvalue weighted by Crippen LogP contribution is -2.25. The van der Waals surface area contributed by atoms with Crippen LogP contribution in [0.5, 0.6) is 0 Å². The second kappa shape index (κ2) is 7.45. The molecule has 15 heavy (non-hydrogen) atoms. The van der Waals surface area contributed by atoms with Crippen LogP contribution in [0.4, 0.5) is 0 Å². The Balaban J connectivity index is 4.55. The van der Waals surface area contributed by atoms with Crippen molar-refractivity contribution in [2.75, 3.05) is 13.2 Å². The van der Waals surface area contributed by atoms with Gasteiger partial charge in [0.25, 0.3) is 0 Å². The minimum Gasteiger partial charge on any atom is -0.465 e. The first-order chi connectivity index (χ1) is 7.08. The predicted molar refractivity (Wildman–Crippen MR) is 59.7 cm³/mol. The Labute approximate surface area is 97.8 Å². The monoisotopic (exact) mass is 278 g/mol. The molecule has 5 heteroatoms. The number of alkyl halides is 1. The second-order valence-electron chi connectivity index (χ2n) is 2.58. The smallest absolute Gasteiger partial charge is 0.335 e. The van der Waals surface area contributed by atoms with E-state index in [0.29, 0.717) is 0 Å². The van der Waals surface area contributed by atoms with Crippen LogP contribution >= 0.6 is 15.9 Å². The van der Waals surface area contributed by atoms with E-state index in [2.05, 4.69) is 15.9 Å². The van der Waals surface area contributed by atoms with Gasteiger partial charge in [-0.05, 0) is 20.8 Å². The normalized spacial score (nSPS) is 13.2. The van der Waals surface area contributed by atoms with Gasteiger partial charge >= 0.3 is 11.9 Å². The van der Waals surface area contributed by atoms with E-state index in [9.17, 15) is 9.59 Å². The average molecular weight is 279 g/mol. The molecule has 0 spiro atoms. The molecular formula is C10H15BrO4. The maximum absolute atomic E-state index is 11.4. The van der Waals surface area contributed by atoms with Crippen LogP contribution < -0.4 is 0 Å². The van der Waals surface area contributed by atoms with E-state index in [4.69, 9.17) is 9.47 Å². The summed E-state index contributed by atoms with van der Waals surface area (Å²) in [6, 6.07) is 0. The lowest BCUT2D eigenvalue weighted by molar-refractivity contribution is -0.145. The second-order valence-corrected chi connectivity index (χ2v) is 3.49. The molecule has 0 saturated heterocycles. The summed E-state index contributed by atoms with van der Waals surface area (Å²) in [6.07, 6.45) is 1.54. The molecule has 0 aromatic rings. The highest BCUT2D eigenvalue weighted by Crippen LogP contribution is 2.15. The highest BCUT2D eigenvalue weighted by atomic mass is 79.9. The van der Waals surface area contributed by atoms with Gasteiger partial charge in [-0.25, -0.2) is 4.79 Å². The van der Waals surface area contributed by atoms with Gasteiger partial charge in [0.2, 0.25) is 0 Å². The van der Waals surface area contributed by atoms with Crippen LogP contribution in [0.2, 0.25) is 0 Å². The number of hydrogen-bond acceptors (Lipinski definition) is 4. The van der Waals surface area contributed by atoms with E-state index in [1.807, 2.05) is 0 Å². The van der Waals surface area contributed by atoms with Crippen molar-refractivity contribution in [1.82, 2.24) is 0 Å². The van der Waals surface area contributed by atoms with Gasteiger partial charge in [0.15, 0.2) is 0 Å². The third kappa shape index (κ3) is 4.46. The fourth-order valence-corrected chi connectivity index (χ4v) is 1.51. The summed E-state index contributed by atoms with van der Waals surface area (Å²) >= 11 is 3.10. The summed E-state index contributed by atoms with van der Waals surface area (Å²) in [5, 5.41) is 0. The zero-order chi connectivity index (χ0) is 11.8. The van der Waals surface area contributed by atoms with Crippen LogP contribution in [-0.4, -0.2) is 30.0 Å². The third-order valence-corrected chi connectivity index (χ3v) is 2.46. The molecule has 0 saturated carbocycles. The molecule has 0 radical (unpaired) electrons. The van der Waals surface area contributed by atoms with Gasteiger partial charge in [0.1, 0.15) is 4.83 Å². The molecule has 86 valence electrons. The number of ether oxygens (including phenoxy) is 2. The van der Waals surface area contributed by atoms with Crippen molar-refractivity contribution in [1.29, 1.82) is 0 Å². The van der Waals surface area contributed by atoms with Crippen molar-refractivity contribution in [3.63, 3.8) is 0 Å². The van der Waals surface area contributed by atoms with E-state index in [0.717, 1.165) is 0 Å². The maximum Gasteiger partial charge on any atom is 0.335 e. The van der Waals surface area contributed by atoms with E-state index in [1.165, 1.54) is 6.08 Å². The van der Waals surface area contributed by atoms with Crippen LogP contribution in [0.15, 0.2) is 11.6 Å². The van der Waals surface area contributed by atoms with Crippen molar-refractivity contribution in [2.24, 2.45) is 0 Å². The lowest BCUT2D eigenvalue weighted by Gasteiger charge is -2.11. The summed E-state index contributed by atoms with van der Waals surface area (Å²) in [4.78, 5) is 22.0. The molecule has 0 amide bonds. The summed E-state index contributed by atoms with van der Waals surface area (Å²) < 4.78 is 9.58. The summed E-state index contributed by atoms with van der Waals surface area (Å²) in [5.74, 6) is -0.992. The van der Waals surface area contributed by atoms with E-state index in [1.54, 1.807) is 20.8 Å². The van der Waals surface area contributed by atoms with Gasteiger partial charge in [-0.15, -0.1) is 0 Å². The fraction of sp³-hybridized carbons (Fsp3) is 0.600. The minimum absolute atomic E-state index is 0.260. The van der Waals surface area contributed by atoms with Crippen LogP contribution in [-0.2, 0) is 19.1 Å². The standard InChI is InChI=1S/C10H15BrO4/c1-4-7(9(12)14-5-2)8(11)10(13)15-6-3/h4,8H,5-6H2,1-3H3/b7-4-. The zero-order valence-corrected chi connectivity index (χ0v) is 10.7. The van der Waals surface area contributed by atoms with Crippen LogP contribution in [0, 0.1) is 0 Å². The Morgan fingerprint density at radius 3 is 2.20 bits per heavy atom. The number of allylic oxidation sites excluding steroid dienone is 1. The van der Waals surface area contributed by atoms with Crippen molar-refractivity contribution in [3.8, 4) is 0 Å². The number of hydrogen-bond donors (Lipinski definition) is 0. The van der Waals surface area contributed by atoms with Gasteiger partial charge in [-0.1, -0.05) is 22.0 Å². The quantitative estimate of drug-likeness (QED) is 0.437. The average Bonchev–Trinajstić information content (AvgIpc) is 2.19. The van der Waals surface area contributed by atoms with Crippen LogP contribution in [0.25, 0.3) is 0 Å². The molecule has 0 rings (SSSR count).